The molecule has 7 heteroatoms. The topological polar surface area (TPSA) is 69.6 Å². The standard InChI is InChI=1S/C16H23N5O2/c1-13(22)19-8-10-20(11-9-19)15(23)14-4-2-7-21(12-14)16-17-5-3-6-18-16/h3,5-6,14H,2,4,7-12H2,1H3/t14-/m1/s1. The highest BCUT2D eigenvalue weighted by Gasteiger charge is 2.32. The average molecular weight is 317 g/mol. The van der Waals surface area contributed by atoms with E-state index in [2.05, 4.69) is 14.9 Å². The van der Waals surface area contributed by atoms with Crippen molar-refractivity contribution in [1.29, 1.82) is 0 Å². The normalized spacial score (nSPS) is 22.1. The van der Waals surface area contributed by atoms with E-state index in [0.29, 0.717) is 38.7 Å². The van der Waals surface area contributed by atoms with E-state index in [4.69, 9.17) is 0 Å². The Morgan fingerprint density at radius 1 is 1.04 bits per heavy atom. The number of aromatic nitrogens is 2. The first-order valence-corrected chi connectivity index (χ1v) is 8.21. The van der Waals surface area contributed by atoms with Crippen LogP contribution in [0.4, 0.5) is 5.95 Å². The minimum atomic E-state index is -0.00330. The third kappa shape index (κ3) is 3.60. The van der Waals surface area contributed by atoms with Crippen LogP contribution in [-0.4, -0.2) is 70.9 Å². The highest BCUT2D eigenvalue weighted by molar-refractivity contribution is 5.80. The zero-order chi connectivity index (χ0) is 16.2. The van der Waals surface area contributed by atoms with Crippen molar-refractivity contribution < 1.29 is 9.59 Å². The SMILES string of the molecule is CC(=O)N1CCN(C(=O)[C@@H]2CCCN(c3ncccn3)C2)CC1. The largest absolute Gasteiger partial charge is 0.340 e. The first-order valence-electron chi connectivity index (χ1n) is 8.21. The molecule has 2 saturated heterocycles. The van der Waals surface area contributed by atoms with Crippen LogP contribution < -0.4 is 4.90 Å². The summed E-state index contributed by atoms with van der Waals surface area (Å²) in [5.41, 5.74) is 0. The van der Waals surface area contributed by atoms with Gasteiger partial charge in [0.1, 0.15) is 0 Å². The fraction of sp³-hybridized carbons (Fsp3) is 0.625. The molecule has 2 amide bonds. The maximum atomic E-state index is 12.8. The third-order valence-corrected chi connectivity index (χ3v) is 4.64. The van der Waals surface area contributed by atoms with Crippen LogP contribution in [0.25, 0.3) is 0 Å². The molecule has 23 heavy (non-hydrogen) atoms. The Hall–Kier alpha value is -2.18. The first-order chi connectivity index (χ1) is 11.1. The smallest absolute Gasteiger partial charge is 0.227 e. The van der Waals surface area contributed by atoms with Crippen LogP contribution in [0.3, 0.4) is 0 Å². The number of rotatable bonds is 2. The lowest BCUT2D eigenvalue weighted by molar-refractivity contribution is -0.141. The predicted molar refractivity (Wildman–Crippen MR) is 85.8 cm³/mol. The van der Waals surface area contributed by atoms with Gasteiger partial charge in [-0.2, -0.15) is 0 Å². The van der Waals surface area contributed by atoms with Crippen molar-refractivity contribution in [2.75, 3.05) is 44.2 Å². The Bertz CT molecular complexity index is 557. The number of carbonyl (C=O) groups is 2. The molecular weight excluding hydrogens is 294 g/mol. The van der Waals surface area contributed by atoms with Crippen LogP contribution >= 0.6 is 0 Å². The minimum absolute atomic E-state index is 0.00330. The van der Waals surface area contributed by atoms with Crippen molar-refractivity contribution >= 4 is 17.8 Å². The zero-order valence-corrected chi connectivity index (χ0v) is 13.5. The van der Waals surface area contributed by atoms with Gasteiger partial charge in [0, 0.05) is 58.6 Å². The summed E-state index contributed by atoms with van der Waals surface area (Å²) in [7, 11) is 0. The number of anilines is 1. The van der Waals surface area contributed by atoms with Gasteiger partial charge in [0.15, 0.2) is 0 Å². The monoisotopic (exact) mass is 317 g/mol. The summed E-state index contributed by atoms with van der Waals surface area (Å²) in [6.07, 6.45) is 5.35. The van der Waals surface area contributed by atoms with Crippen LogP contribution in [0.2, 0.25) is 0 Å². The number of hydrogen-bond donors (Lipinski definition) is 0. The van der Waals surface area contributed by atoms with E-state index in [1.165, 1.54) is 0 Å². The van der Waals surface area contributed by atoms with Crippen molar-refractivity contribution in [2.24, 2.45) is 5.92 Å². The summed E-state index contributed by atoms with van der Waals surface area (Å²) in [6, 6.07) is 1.80. The van der Waals surface area contributed by atoms with Crippen molar-refractivity contribution in [3.05, 3.63) is 18.5 Å². The van der Waals surface area contributed by atoms with Crippen LogP contribution in [0.15, 0.2) is 18.5 Å². The van der Waals surface area contributed by atoms with Crippen molar-refractivity contribution in [1.82, 2.24) is 19.8 Å². The number of amides is 2. The molecule has 0 aromatic carbocycles. The van der Waals surface area contributed by atoms with Crippen LogP contribution in [0.1, 0.15) is 19.8 Å². The molecule has 1 aromatic rings. The van der Waals surface area contributed by atoms with Crippen LogP contribution in [0, 0.1) is 5.92 Å². The Balaban J connectivity index is 1.58. The maximum absolute atomic E-state index is 12.8. The molecule has 2 aliphatic rings. The van der Waals surface area contributed by atoms with Gasteiger partial charge in [0.25, 0.3) is 0 Å². The molecular formula is C16H23N5O2. The van der Waals surface area contributed by atoms with Gasteiger partial charge in [0.2, 0.25) is 17.8 Å². The molecule has 124 valence electrons. The molecule has 0 bridgehead atoms. The number of nitrogens with zero attached hydrogens (tertiary/aromatic N) is 5. The highest BCUT2D eigenvalue weighted by Crippen LogP contribution is 2.22. The molecule has 1 atom stereocenters. The fourth-order valence-electron chi connectivity index (χ4n) is 3.31. The van der Waals surface area contributed by atoms with Crippen molar-refractivity contribution in [3.8, 4) is 0 Å². The van der Waals surface area contributed by atoms with Gasteiger partial charge >= 0.3 is 0 Å². The maximum Gasteiger partial charge on any atom is 0.227 e. The lowest BCUT2D eigenvalue weighted by Crippen LogP contribution is -2.53. The van der Waals surface area contributed by atoms with Crippen LogP contribution in [0.5, 0.6) is 0 Å². The summed E-state index contributed by atoms with van der Waals surface area (Å²) < 4.78 is 0. The summed E-state index contributed by atoms with van der Waals surface area (Å²) in [4.78, 5) is 38.5. The molecule has 0 radical (unpaired) electrons. The molecule has 2 aliphatic heterocycles. The Morgan fingerprint density at radius 2 is 1.70 bits per heavy atom. The van der Waals surface area contributed by atoms with Crippen molar-refractivity contribution in [3.63, 3.8) is 0 Å². The van der Waals surface area contributed by atoms with E-state index in [-0.39, 0.29) is 17.7 Å². The van der Waals surface area contributed by atoms with Gasteiger partial charge in [-0.15, -0.1) is 0 Å². The van der Waals surface area contributed by atoms with E-state index < -0.39 is 0 Å². The van der Waals surface area contributed by atoms with E-state index in [9.17, 15) is 9.59 Å². The number of hydrogen-bond acceptors (Lipinski definition) is 5. The third-order valence-electron chi connectivity index (χ3n) is 4.64. The summed E-state index contributed by atoms with van der Waals surface area (Å²) >= 11 is 0. The molecule has 0 saturated carbocycles. The number of piperidine rings is 1. The average Bonchev–Trinajstić information content (AvgIpc) is 2.62. The second kappa shape index (κ2) is 6.93. The van der Waals surface area contributed by atoms with Crippen LogP contribution in [-0.2, 0) is 9.59 Å². The highest BCUT2D eigenvalue weighted by atomic mass is 16.2. The van der Waals surface area contributed by atoms with Gasteiger partial charge in [-0.3, -0.25) is 9.59 Å². The van der Waals surface area contributed by atoms with E-state index in [1.807, 2.05) is 4.90 Å². The molecule has 0 unspecified atom stereocenters. The Labute approximate surface area is 136 Å². The molecule has 0 N–H and O–H groups in total. The first kappa shape index (κ1) is 15.7. The Kier molecular flexibility index (Phi) is 4.73. The molecule has 7 nitrogen and oxygen atoms in total. The molecule has 0 spiro atoms. The lowest BCUT2D eigenvalue weighted by atomic mass is 9.96. The van der Waals surface area contributed by atoms with Gasteiger partial charge in [-0.25, -0.2) is 9.97 Å². The summed E-state index contributed by atoms with van der Waals surface area (Å²) in [5.74, 6) is 0.985. The van der Waals surface area contributed by atoms with Gasteiger partial charge in [0.05, 0.1) is 5.92 Å². The number of carbonyl (C=O) groups excluding carboxylic acids is 2. The molecule has 1 aromatic heterocycles. The zero-order valence-electron chi connectivity index (χ0n) is 13.5. The van der Waals surface area contributed by atoms with Gasteiger partial charge in [-0.05, 0) is 18.9 Å². The summed E-state index contributed by atoms with van der Waals surface area (Å²) in [5, 5.41) is 0. The van der Waals surface area contributed by atoms with Gasteiger partial charge in [-0.1, -0.05) is 0 Å². The van der Waals surface area contributed by atoms with E-state index in [1.54, 1.807) is 30.3 Å². The lowest BCUT2D eigenvalue weighted by Gasteiger charge is -2.38. The Morgan fingerprint density at radius 3 is 2.35 bits per heavy atom. The second-order valence-corrected chi connectivity index (χ2v) is 6.17. The van der Waals surface area contributed by atoms with E-state index in [0.717, 1.165) is 19.4 Å². The quantitative estimate of drug-likeness (QED) is 0.789. The predicted octanol–water partition coefficient (Wildman–Crippen LogP) is 0.384. The number of piperazine rings is 1. The minimum Gasteiger partial charge on any atom is -0.340 e. The molecule has 2 fully saturated rings. The fourth-order valence-corrected chi connectivity index (χ4v) is 3.31. The molecule has 3 rings (SSSR count). The summed E-state index contributed by atoms with van der Waals surface area (Å²) in [6.45, 7) is 5.70. The molecule has 0 aliphatic carbocycles. The molecule has 3 heterocycles. The second-order valence-electron chi connectivity index (χ2n) is 6.17. The van der Waals surface area contributed by atoms with Gasteiger partial charge < -0.3 is 14.7 Å². The van der Waals surface area contributed by atoms with E-state index >= 15 is 0 Å². The van der Waals surface area contributed by atoms with Crippen molar-refractivity contribution in [2.45, 2.75) is 19.8 Å².